The molecule has 0 spiro atoms. The van der Waals surface area contributed by atoms with E-state index < -0.39 is 0 Å². The summed E-state index contributed by atoms with van der Waals surface area (Å²) < 4.78 is 1.40. The molecule has 0 amide bonds. The average Bonchev–Trinajstić information content (AvgIpc) is 2.60. The Labute approximate surface area is 94.7 Å². The summed E-state index contributed by atoms with van der Waals surface area (Å²) in [4.78, 5) is 1.49. The molecule has 0 aliphatic heterocycles. The number of halogens is 1. The number of benzene rings is 1. The van der Waals surface area contributed by atoms with E-state index >= 15 is 0 Å². The van der Waals surface area contributed by atoms with E-state index in [-0.39, 0.29) is 0 Å². The molecule has 1 aromatic carbocycles. The summed E-state index contributed by atoms with van der Waals surface area (Å²) in [6.07, 6.45) is 1.13. The Hall–Kier alpha value is -0.350. The molecule has 2 aromatic rings. The van der Waals surface area contributed by atoms with Crippen molar-refractivity contribution in [3.05, 3.63) is 44.3 Å². The van der Waals surface area contributed by atoms with Gasteiger partial charge in [0.05, 0.1) is 2.88 Å². The molecule has 0 atom stereocenters. The van der Waals surface area contributed by atoms with Crippen LogP contribution in [0.3, 0.4) is 0 Å². The van der Waals surface area contributed by atoms with E-state index in [1.54, 1.807) is 0 Å². The Morgan fingerprint density at radius 2 is 2.00 bits per heavy atom. The van der Waals surface area contributed by atoms with Gasteiger partial charge in [-0.1, -0.05) is 24.3 Å². The molecule has 1 aliphatic carbocycles. The van der Waals surface area contributed by atoms with Crippen molar-refractivity contribution in [2.45, 2.75) is 6.42 Å². The second kappa shape index (κ2) is 2.82. The molecule has 0 saturated carbocycles. The smallest absolute Gasteiger partial charge is 0.0663 e. The number of rotatable bonds is 0. The lowest BCUT2D eigenvalue weighted by Crippen LogP contribution is -1.77. The summed E-state index contributed by atoms with van der Waals surface area (Å²) in [5.74, 6) is 0. The van der Waals surface area contributed by atoms with Crippen LogP contribution < -0.4 is 0 Å². The van der Waals surface area contributed by atoms with E-state index in [1.165, 1.54) is 24.5 Å². The van der Waals surface area contributed by atoms with Gasteiger partial charge >= 0.3 is 0 Å². The maximum absolute atomic E-state index is 2.40. The van der Waals surface area contributed by atoms with Gasteiger partial charge in [0.25, 0.3) is 0 Å². The molecule has 0 bridgehead atoms. The lowest BCUT2D eigenvalue weighted by atomic mass is 10.1. The molecule has 0 fully saturated rings. The molecule has 2 heteroatoms. The van der Waals surface area contributed by atoms with E-state index in [0.717, 1.165) is 6.42 Å². The van der Waals surface area contributed by atoms with Crippen molar-refractivity contribution in [3.63, 3.8) is 0 Å². The van der Waals surface area contributed by atoms with Crippen molar-refractivity contribution in [1.82, 2.24) is 0 Å². The molecule has 1 aromatic heterocycles. The first-order chi connectivity index (χ1) is 6.34. The fourth-order valence-electron chi connectivity index (χ4n) is 1.86. The normalized spacial score (nSPS) is 12.7. The number of hydrogen-bond acceptors (Lipinski definition) is 1. The van der Waals surface area contributed by atoms with Gasteiger partial charge in [0, 0.05) is 4.88 Å². The maximum Gasteiger partial charge on any atom is 0.0663 e. The van der Waals surface area contributed by atoms with Gasteiger partial charge < -0.3 is 0 Å². The predicted octanol–water partition coefficient (Wildman–Crippen LogP) is 3.92. The van der Waals surface area contributed by atoms with Gasteiger partial charge in [0.15, 0.2) is 0 Å². The number of hydrogen-bond donors (Lipinski definition) is 0. The van der Waals surface area contributed by atoms with Gasteiger partial charge in [-0.15, -0.1) is 11.3 Å². The number of thiophene rings is 1. The van der Waals surface area contributed by atoms with Crippen LogP contribution in [0.2, 0.25) is 0 Å². The fraction of sp³-hybridized carbons (Fsp3) is 0.0909. The Kier molecular flexibility index (Phi) is 1.73. The lowest BCUT2D eigenvalue weighted by Gasteiger charge is -1.96. The fourth-order valence-corrected chi connectivity index (χ4v) is 3.86. The Balaban J connectivity index is 2.30. The highest BCUT2D eigenvalue weighted by Gasteiger charge is 2.19. The zero-order chi connectivity index (χ0) is 8.84. The topological polar surface area (TPSA) is 0 Å². The second-order valence-corrected chi connectivity index (χ2v) is 6.19. The van der Waals surface area contributed by atoms with E-state index in [4.69, 9.17) is 0 Å². The summed E-state index contributed by atoms with van der Waals surface area (Å²) in [5, 5.41) is 0. The van der Waals surface area contributed by atoms with Gasteiger partial charge in [-0.05, 0) is 51.8 Å². The maximum atomic E-state index is 2.40. The zero-order valence-electron chi connectivity index (χ0n) is 6.88. The van der Waals surface area contributed by atoms with Crippen LogP contribution in [-0.2, 0) is 6.42 Å². The standard InChI is InChI=1S/C11H7IS/c12-10-6-8-5-7-3-1-2-4-9(7)11(8)13-10/h1-4,6H,5H2. The predicted molar refractivity (Wildman–Crippen MR) is 65.3 cm³/mol. The van der Waals surface area contributed by atoms with Crippen molar-refractivity contribution in [3.8, 4) is 10.4 Å². The molecule has 0 unspecified atom stereocenters. The molecule has 13 heavy (non-hydrogen) atoms. The van der Waals surface area contributed by atoms with Gasteiger partial charge in [-0.25, -0.2) is 0 Å². The van der Waals surface area contributed by atoms with Crippen molar-refractivity contribution in [2.75, 3.05) is 0 Å². The molecule has 0 N–H and O–H groups in total. The van der Waals surface area contributed by atoms with Crippen molar-refractivity contribution >= 4 is 33.9 Å². The van der Waals surface area contributed by atoms with Gasteiger partial charge in [0.1, 0.15) is 0 Å². The molecular formula is C11H7IS. The lowest BCUT2D eigenvalue weighted by molar-refractivity contribution is 1.27. The van der Waals surface area contributed by atoms with Gasteiger partial charge in [-0.3, -0.25) is 0 Å². The molecule has 3 rings (SSSR count). The van der Waals surface area contributed by atoms with Crippen LogP contribution in [0.15, 0.2) is 30.3 Å². The zero-order valence-corrected chi connectivity index (χ0v) is 9.85. The quantitative estimate of drug-likeness (QED) is 0.552. The molecule has 1 aliphatic rings. The Morgan fingerprint density at radius 3 is 2.92 bits per heavy atom. The minimum Gasteiger partial charge on any atom is -0.129 e. The molecule has 0 radical (unpaired) electrons. The van der Waals surface area contributed by atoms with Crippen LogP contribution in [0.5, 0.6) is 0 Å². The highest BCUT2D eigenvalue weighted by molar-refractivity contribution is 14.1. The van der Waals surface area contributed by atoms with Crippen LogP contribution in [0.4, 0.5) is 0 Å². The Morgan fingerprint density at radius 1 is 1.15 bits per heavy atom. The first kappa shape index (κ1) is 8.00. The highest BCUT2D eigenvalue weighted by atomic mass is 127. The second-order valence-electron chi connectivity index (χ2n) is 3.24. The first-order valence-corrected chi connectivity index (χ1v) is 6.10. The third kappa shape index (κ3) is 1.15. The Bertz CT molecular complexity index is 471. The van der Waals surface area contributed by atoms with Gasteiger partial charge in [0.2, 0.25) is 0 Å². The SMILES string of the molecule is Ic1cc2c(s1)-c1ccccc1C2. The van der Waals surface area contributed by atoms with Crippen LogP contribution in [0, 0.1) is 2.88 Å². The summed E-state index contributed by atoms with van der Waals surface area (Å²) in [7, 11) is 0. The van der Waals surface area contributed by atoms with Crippen LogP contribution in [-0.4, -0.2) is 0 Å². The van der Waals surface area contributed by atoms with Crippen molar-refractivity contribution in [1.29, 1.82) is 0 Å². The molecule has 0 nitrogen and oxygen atoms in total. The number of fused-ring (bicyclic) bond motifs is 3. The van der Waals surface area contributed by atoms with Crippen LogP contribution >= 0.6 is 33.9 Å². The van der Waals surface area contributed by atoms with Gasteiger partial charge in [-0.2, -0.15) is 0 Å². The summed E-state index contributed by atoms with van der Waals surface area (Å²) >= 11 is 4.31. The summed E-state index contributed by atoms with van der Waals surface area (Å²) in [6, 6.07) is 11.0. The third-order valence-corrected chi connectivity index (χ3v) is 4.39. The van der Waals surface area contributed by atoms with Crippen LogP contribution in [0.1, 0.15) is 11.1 Å². The van der Waals surface area contributed by atoms with Crippen LogP contribution in [0.25, 0.3) is 10.4 Å². The van der Waals surface area contributed by atoms with E-state index in [0.29, 0.717) is 0 Å². The minimum atomic E-state index is 1.13. The van der Waals surface area contributed by atoms with Crippen molar-refractivity contribution < 1.29 is 0 Å². The minimum absolute atomic E-state index is 1.13. The molecule has 0 saturated heterocycles. The molecular weight excluding hydrogens is 291 g/mol. The largest absolute Gasteiger partial charge is 0.129 e. The highest BCUT2D eigenvalue weighted by Crippen LogP contribution is 2.42. The average molecular weight is 298 g/mol. The van der Waals surface area contributed by atoms with Crippen molar-refractivity contribution in [2.24, 2.45) is 0 Å². The van der Waals surface area contributed by atoms with E-state index in [2.05, 4.69) is 52.9 Å². The third-order valence-electron chi connectivity index (χ3n) is 2.42. The molecule has 1 heterocycles. The van der Waals surface area contributed by atoms with E-state index in [9.17, 15) is 0 Å². The monoisotopic (exact) mass is 298 g/mol. The summed E-state index contributed by atoms with van der Waals surface area (Å²) in [6.45, 7) is 0. The van der Waals surface area contributed by atoms with E-state index in [1.807, 2.05) is 11.3 Å². The molecule has 64 valence electrons. The summed E-state index contributed by atoms with van der Waals surface area (Å²) in [5.41, 5.74) is 4.45. The first-order valence-electron chi connectivity index (χ1n) is 4.21.